The lowest BCUT2D eigenvalue weighted by molar-refractivity contribution is 0.0711. The Labute approximate surface area is 99.2 Å². The molecule has 0 bridgehead atoms. The molecule has 1 saturated heterocycles. The first-order chi connectivity index (χ1) is 7.70. The van der Waals surface area contributed by atoms with Crippen LogP contribution >= 0.6 is 11.8 Å². The number of carbonyl (C=O) groups is 1. The van der Waals surface area contributed by atoms with E-state index < -0.39 is 0 Å². The number of nitrogens with zero attached hydrogens (tertiary/aromatic N) is 2. The van der Waals surface area contributed by atoms with E-state index in [0.29, 0.717) is 11.4 Å². The van der Waals surface area contributed by atoms with Crippen molar-refractivity contribution < 1.29 is 4.79 Å². The second kappa shape index (κ2) is 4.74. The highest BCUT2D eigenvalue weighted by atomic mass is 32.2. The fourth-order valence-corrected chi connectivity index (χ4v) is 2.77. The summed E-state index contributed by atoms with van der Waals surface area (Å²) >= 11 is 1.88. The molecule has 0 spiro atoms. The van der Waals surface area contributed by atoms with Gasteiger partial charge < -0.3 is 10.6 Å². The fraction of sp³-hybridized carbons (Fsp3) is 0.455. The zero-order valence-electron chi connectivity index (χ0n) is 9.22. The monoisotopic (exact) mass is 237 g/mol. The minimum Gasteiger partial charge on any atom is -0.397 e. The molecule has 2 rings (SSSR count). The van der Waals surface area contributed by atoms with Gasteiger partial charge in [0.2, 0.25) is 0 Å². The van der Waals surface area contributed by atoms with E-state index >= 15 is 0 Å². The molecule has 1 amide bonds. The maximum Gasteiger partial charge on any atom is 0.274 e. The van der Waals surface area contributed by atoms with Gasteiger partial charge in [-0.1, -0.05) is 0 Å². The summed E-state index contributed by atoms with van der Waals surface area (Å²) in [6.07, 6.45) is 1.60. The van der Waals surface area contributed by atoms with E-state index in [4.69, 9.17) is 5.73 Å². The first-order valence-electron chi connectivity index (χ1n) is 5.29. The van der Waals surface area contributed by atoms with Gasteiger partial charge in [-0.2, -0.15) is 11.8 Å². The summed E-state index contributed by atoms with van der Waals surface area (Å²) in [4.78, 5) is 18.1. The number of rotatable bonds is 1. The summed E-state index contributed by atoms with van der Waals surface area (Å²) in [5.41, 5.74) is 6.59. The number of hydrogen-bond acceptors (Lipinski definition) is 4. The summed E-state index contributed by atoms with van der Waals surface area (Å²) in [6.45, 7) is 2.84. The Bertz CT molecular complexity index is 397. The smallest absolute Gasteiger partial charge is 0.274 e. The lowest BCUT2D eigenvalue weighted by Crippen LogP contribution is -2.44. The van der Waals surface area contributed by atoms with Gasteiger partial charge >= 0.3 is 0 Å². The lowest BCUT2D eigenvalue weighted by Gasteiger charge is -2.32. The second-order valence-electron chi connectivity index (χ2n) is 3.86. The Morgan fingerprint density at radius 2 is 2.50 bits per heavy atom. The predicted molar refractivity (Wildman–Crippen MR) is 66.5 cm³/mol. The summed E-state index contributed by atoms with van der Waals surface area (Å²) in [6, 6.07) is 3.71. The molecule has 1 atom stereocenters. The van der Waals surface area contributed by atoms with Crippen molar-refractivity contribution in [1.29, 1.82) is 0 Å². The second-order valence-corrected chi connectivity index (χ2v) is 5.01. The predicted octanol–water partition coefficient (Wildman–Crippen LogP) is 1.24. The third-order valence-corrected chi connectivity index (χ3v) is 3.86. The van der Waals surface area contributed by atoms with E-state index in [2.05, 4.69) is 11.9 Å². The quantitative estimate of drug-likeness (QED) is 0.798. The number of thioether (sulfide) groups is 1. The van der Waals surface area contributed by atoms with Gasteiger partial charge in [-0.3, -0.25) is 4.79 Å². The Morgan fingerprint density at radius 1 is 1.69 bits per heavy atom. The van der Waals surface area contributed by atoms with Crippen molar-refractivity contribution in [2.45, 2.75) is 13.0 Å². The van der Waals surface area contributed by atoms with Crippen molar-refractivity contribution in [2.75, 3.05) is 23.8 Å². The Kier molecular flexibility index (Phi) is 3.33. The van der Waals surface area contributed by atoms with Crippen molar-refractivity contribution in [2.24, 2.45) is 0 Å². The van der Waals surface area contributed by atoms with E-state index in [1.54, 1.807) is 18.3 Å². The average molecular weight is 237 g/mol. The molecular weight excluding hydrogens is 222 g/mol. The number of hydrogen-bond donors (Lipinski definition) is 1. The van der Waals surface area contributed by atoms with E-state index in [0.717, 1.165) is 18.1 Å². The van der Waals surface area contributed by atoms with Crippen LogP contribution in [0.25, 0.3) is 0 Å². The topological polar surface area (TPSA) is 59.2 Å². The molecule has 1 aromatic heterocycles. The van der Waals surface area contributed by atoms with E-state index in [9.17, 15) is 4.79 Å². The molecule has 4 nitrogen and oxygen atoms in total. The van der Waals surface area contributed by atoms with Gasteiger partial charge in [0.1, 0.15) is 0 Å². The number of anilines is 1. The molecule has 2 N–H and O–H groups in total. The van der Waals surface area contributed by atoms with Crippen molar-refractivity contribution >= 4 is 23.4 Å². The summed E-state index contributed by atoms with van der Waals surface area (Å²) < 4.78 is 0. The Hall–Kier alpha value is -1.23. The van der Waals surface area contributed by atoms with Crippen molar-refractivity contribution in [3.05, 3.63) is 24.0 Å². The molecule has 1 unspecified atom stereocenters. The van der Waals surface area contributed by atoms with Crippen LogP contribution in [0.3, 0.4) is 0 Å². The molecular formula is C11H15N3OS. The highest BCUT2D eigenvalue weighted by Gasteiger charge is 2.26. The Morgan fingerprint density at radius 3 is 3.19 bits per heavy atom. The van der Waals surface area contributed by atoms with Crippen LogP contribution in [-0.4, -0.2) is 39.9 Å². The summed E-state index contributed by atoms with van der Waals surface area (Å²) in [5, 5.41) is 0. The van der Waals surface area contributed by atoms with Crippen LogP contribution in [-0.2, 0) is 0 Å². The molecule has 1 aliphatic heterocycles. The highest BCUT2D eigenvalue weighted by molar-refractivity contribution is 7.99. The zero-order chi connectivity index (χ0) is 11.5. The molecule has 0 saturated carbocycles. The van der Waals surface area contributed by atoms with Crippen LogP contribution in [0.2, 0.25) is 0 Å². The number of amides is 1. The van der Waals surface area contributed by atoms with Crippen LogP contribution in [0.5, 0.6) is 0 Å². The first kappa shape index (κ1) is 11.3. The number of nitrogens with two attached hydrogens (primary N) is 1. The first-order valence-corrected chi connectivity index (χ1v) is 6.45. The molecule has 1 aliphatic rings. The number of pyridine rings is 1. The SMILES string of the molecule is CC1CSCCN1C(=O)c1ncccc1N. The van der Waals surface area contributed by atoms with E-state index in [-0.39, 0.29) is 11.9 Å². The molecule has 2 heterocycles. The average Bonchev–Trinajstić information content (AvgIpc) is 2.29. The molecule has 0 aliphatic carbocycles. The molecule has 0 radical (unpaired) electrons. The van der Waals surface area contributed by atoms with Crippen LogP contribution in [0.15, 0.2) is 18.3 Å². The number of aromatic nitrogens is 1. The standard InChI is InChI=1S/C11H15N3OS/c1-8-7-16-6-5-14(8)11(15)10-9(12)3-2-4-13-10/h2-4,8H,5-7,12H2,1H3. The van der Waals surface area contributed by atoms with Crippen LogP contribution < -0.4 is 5.73 Å². The van der Waals surface area contributed by atoms with Crippen LogP contribution in [0.4, 0.5) is 5.69 Å². The molecule has 0 aromatic carbocycles. The van der Waals surface area contributed by atoms with Gasteiger partial charge in [0, 0.05) is 30.3 Å². The normalized spacial score (nSPS) is 20.8. The van der Waals surface area contributed by atoms with Crippen molar-refractivity contribution in [3.63, 3.8) is 0 Å². The largest absolute Gasteiger partial charge is 0.397 e. The van der Waals surface area contributed by atoms with Gasteiger partial charge in [0.05, 0.1) is 5.69 Å². The number of nitrogen functional groups attached to an aromatic ring is 1. The van der Waals surface area contributed by atoms with Crippen LogP contribution in [0.1, 0.15) is 17.4 Å². The highest BCUT2D eigenvalue weighted by Crippen LogP contribution is 2.19. The summed E-state index contributed by atoms with van der Waals surface area (Å²) in [5.74, 6) is 1.92. The van der Waals surface area contributed by atoms with Crippen molar-refractivity contribution in [1.82, 2.24) is 9.88 Å². The van der Waals surface area contributed by atoms with Gasteiger partial charge in [0.25, 0.3) is 5.91 Å². The van der Waals surface area contributed by atoms with E-state index in [1.807, 2.05) is 16.7 Å². The third kappa shape index (κ3) is 2.14. The molecule has 16 heavy (non-hydrogen) atoms. The zero-order valence-corrected chi connectivity index (χ0v) is 10.0. The summed E-state index contributed by atoms with van der Waals surface area (Å²) in [7, 11) is 0. The maximum atomic E-state index is 12.2. The molecule has 1 aromatic rings. The van der Waals surface area contributed by atoms with Crippen molar-refractivity contribution in [3.8, 4) is 0 Å². The van der Waals surface area contributed by atoms with Gasteiger partial charge in [-0.15, -0.1) is 0 Å². The van der Waals surface area contributed by atoms with Gasteiger partial charge in [-0.25, -0.2) is 4.98 Å². The molecule has 86 valence electrons. The lowest BCUT2D eigenvalue weighted by atomic mass is 10.2. The maximum absolute atomic E-state index is 12.2. The fourth-order valence-electron chi connectivity index (χ4n) is 1.76. The van der Waals surface area contributed by atoms with Gasteiger partial charge in [-0.05, 0) is 19.1 Å². The minimum absolute atomic E-state index is 0.0501. The molecule has 1 fully saturated rings. The minimum atomic E-state index is -0.0501. The molecule has 5 heteroatoms. The van der Waals surface area contributed by atoms with E-state index in [1.165, 1.54) is 0 Å². The Balaban J connectivity index is 2.21. The van der Waals surface area contributed by atoms with Crippen LogP contribution in [0, 0.1) is 0 Å². The third-order valence-electron chi connectivity index (χ3n) is 2.67. The number of carbonyl (C=O) groups excluding carboxylic acids is 1. The van der Waals surface area contributed by atoms with Gasteiger partial charge in [0.15, 0.2) is 5.69 Å².